The number of rotatable bonds is 3. The fourth-order valence-corrected chi connectivity index (χ4v) is 3.78. The summed E-state index contributed by atoms with van der Waals surface area (Å²) in [6.45, 7) is 1.12. The number of hydrogen-bond acceptors (Lipinski definition) is 5. The number of carbonyl (C=O) groups is 3. The number of ether oxygens (including phenoxy) is 1. The number of carbonyl (C=O) groups excluding carboxylic acids is 3. The predicted octanol–water partition coefficient (Wildman–Crippen LogP) is 0.694. The number of fused-ring (bicyclic) bond motifs is 5. The van der Waals surface area contributed by atoms with Gasteiger partial charge >= 0.3 is 0 Å². The van der Waals surface area contributed by atoms with Crippen LogP contribution in [0, 0.1) is 11.8 Å². The van der Waals surface area contributed by atoms with Crippen LogP contribution in [-0.4, -0.2) is 41.0 Å². The number of anilines is 1. The maximum Gasteiger partial charge on any atom is 0.241 e. The van der Waals surface area contributed by atoms with Gasteiger partial charge in [0.05, 0.1) is 30.2 Å². The van der Waals surface area contributed by atoms with Gasteiger partial charge in [-0.2, -0.15) is 0 Å². The van der Waals surface area contributed by atoms with Crippen LogP contribution in [0.25, 0.3) is 0 Å². The highest BCUT2D eigenvalue weighted by atomic mass is 16.5. The van der Waals surface area contributed by atoms with E-state index in [0.29, 0.717) is 11.3 Å². The van der Waals surface area contributed by atoms with Crippen LogP contribution >= 0.6 is 0 Å². The lowest BCUT2D eigenvalue weighted by Crippen LogP contribution is -2.43. The highest BCUT2D eigenvalue weighted by molar-refractivity contribution is 6.23. The second-order valence-corrected chi connectivity index (χ2v) is 6.17. The van der Waals surface area contributed by atoms with Crippen molar-refractivity contribution in [3.8, 4) is 0 Å². The molecule has 2 amide bonds. The Kier molecular flexibility index (Phi) is 2.86. The molecular formula is C17H15NO5. The topological polar surface area (TPSA) is 83.9 Å². The number of aliphatic hydroxyl groups is 1. The Morgan fingerprint density at radius 1 is 1.26 bits per heavy atom. The number of imide groups is 1. The summed E-state index contributed by atoms with van der Waals surface area (Å²) in [7, 11) is 0. The Bertz CT molecular complexity index is 753. The number of nitrogens with zero attached hydrogens (tertiary/aromatic N) is 1. The molecule has 3 aliphatic rings. The average Bonchev–Trinajstić information content (AvgIpc) is 3.19. The van der Waals surface area contributed by atoms with Gasteiger partial charge in [-0.3, -0.25) is 14.4 Å². The second-order valence-electron chi connectivity index (χ2n) is 6.17. The molecule has 0 aliphatic carbocycles. The van der Waals surface area contributed by atoms with E-state index in [1.54, 1.807) is 36.4 Å². The molecule has 4 rings (SSSR count). The van der Waals surface area contributed by atoms with Crippen molar-refractivity contribution in [3.63, 3.8) is 0 Å². The van der Waals surface area contributed by atoms with Crippen LogP contribution in [0.4, 0.5) is 5.69 Å². The number of ketones is 1. The van der Waals surface area contributed by atoms with Crippen molar-refractivity contribution in [2.75, 3.05) is 11.5 Å². The molecule has 2 bridgehead atoms. The molecule has 0 aromatic heterocycles. The number of Topliss-reactive ketones (excluding diaryl/α,β-unsaturated/α-hetero) is 1. The smallest absolute Gasteiger partial charge is 0.241 e. The molecule has 23 heavy (non-hydrogen) atoms. The van der Waals surface area contributed by atoms with Gasteiger partial charge < -0.3 is 9.84 Å². The number of amides is 2. The quantitative estimate of drug-likeness (QED) is 0.504. The Labute approximate surface area is 132 Å². The normalized spacial score (nSPS) is 34.3. The summed E-state index contributed by atoms with van der Waals surface area (Å²) < 4.78 is 5.68. The third-order valence-corrected chi connectivity index (χ3v) is 4.93. The van der Waals surface area contributed by atoms with Crippen molar-refractivity contribution in [1.29, 1.82) is 0 Å². The molecule has 0 unspecified atom stereocenters. The maximum atomic E-state index is 12.8. The van der Waals surface area contributed by atoms with Crippen molar-refractivity contribution < 1.29 is 24.2 Å². The van der Waals surface area contributed by atoms with Gasteiger partial charge in [-0.25, -0.2) is 4.90 Å². The lowest BCUT2D eigenvalue weighted by atomic mass is 9.77. The van der Waals surface area contributed by atoms with Gasteiger partial charge in [0.25, 0.3) is 0 Å². The highest BCUT2D eigenvalue weighted by Crippen LogP contribution is 2.52. The van der Waals surface area contributed by atoms with E-state index in [1.807, 2.05) is 0 Å². The minimum Gasteiger partial charge on any atom is -0.393 e. The minimum absolute atomic E-state index is 0.0811. The van der Waals surface area contributed by atoms with Crippen LogP contribution < -0.4 is 4.90 Å². The Balaban J connectivity index is 1.72. The molecule has 2 fully saturated rings. The van der Waals surface area contributed by atoms with E-state index < -0.39 is 23.5 Å². The number of hydrogen-bond donors (Lipinski definition) is 1. The van der Waals surface area contributed by atoms with Gasteiger partial charge in [-0.05, 0) is 31.2 Å². The van der Waals surface area contributed by atoms with Gasteiger partial charge in [-0.15, -0.1) is 0 Å². The van der Waals surface area contributed by atoms with E-state index in [0.717, 1.165) is 4.90 Å². The molecule has 4 atom stereocenters. The van der Waals surface area contributed by atoms with Crippen LogP contribution in [0.5, 0.6) is 0 Å². The molecule has 0 spiro atoms. The van der Waals surface area contributed by atoms with Crippen molar-refractivity contribution >= 4 is 23.3 Å². The van der Waals surface area contributed by atoms with Gasteiger partial charge in [0.1, 0.15) is 5.60 Å². The first-order valence-electron chi connectivity index (χ1n) is 7.45. The molecule has 1 aromatic rings. The molecule has 6 nitrogen and oxygen atoms in total. The zero-order chi connectivity index (χ0) is 16.4. The SMILES string of the molecule is CC(=O)c1ccc(N2C(=O)[C@@H]3[C@H]4C=C[C@@](CO)(O4)[C@H]3C2=O)cc1. The predicted molar refractivity (Wildman–Crippen MR) is 79.7 cm³/mol. The summed E-state index contributed by atoms with van der Waals surface area (Å²) in [5, 5.41) is 9.65. The summed E-state index contributed by atoms with van der Waals surface area (Å²) in [5.74, 6) is -2.05. The first-order chi connectivity index (χ1) is 11.0. The Morgan fingerprint density at radius 3 is 2.57 bits per heavy atom. The first kappa shape index (κ1) is 14.3. The molecular weight excluding hydrogens is 298 g/mol. The van der Waals surface area contributed by atoms with Crippen LogP contribution in [0.1, 0.15) is 17.3 Å². The lowest BCUT2D eigenvalue weighted by Gasteiger charge is -2.26. The summed E-state index contributed by atoms with van der Waals surface area (Å²) >= 11 is 0. The molecule has 3 aliphatic heterocycles. The molecule has 0 radical (unpaired) electrons. The van der Waals surface area contributed by atoms with E-state index in [-0.39, 0.29) is 24.2 Å². The van der Waals surface area contributed by atoms with Crippen LogP contribution in [-0.2, 0) is 14.3 Å². The molecule has 3 heterocycles. The maximum absolute atomic E-state index is 12.8. The molecule has 0 saturated carbocycles. The fourth-order valence-electron chi connectivity index (χ4n) is 3.78. The van der Waals surface area contributed by atoms with Gasteiger partial charge in [-0.1, -0.05) is 12.2 Å². The van der Waals surface area contributed by atoms with E-state index in [1.165, 1.54) is 6.92 Å². The van der Waals surface area contributed by atoms with E-state index in [4.69, 9.17) is 4.74 Å². The van der Waals surface area contributed by atoms with Crippen molar-refractivity contribution in [1.82, 2.24) is 0 Å². The van der Waals surface area contributed by atoms with Crippen LogP contribution in [0.15, 0.2) is 36.4 Å². The van der Waals surface area contributed by atoms with E-state index >= 15 is 0 Å². The standard InChI is InChI=1S/C17H15NO5/c1-9(20)10-2-4-11(5-3-10)18-15(21)13-12-6-7-17(8-19,23-12)14(13)16(18)22/h2-7,12-14,19H,8H2,1H3/t12-,13-,14-,17+/m1/s1. The van der Waals surface area contributed by atoms with E-state index in [2.05, 4.69) is 0 Å². The Hall–Kier alpha value is -2.31. The fraction of sp³-hybridized carbons (Fsp3) is 0.353. The van der Waals surface area contributed by atoms with Crippen LogP contribution in [0.2, 0.25) is 0 Å². The summed E-state index contributed by atoms with van der Waals surface area (Å²) in [6, 6.07) is 6.37. The average molecular weight is 313 g/mol. The summed E-state index contributed by atoms with van der Waals surface area (Å²) in [5.41, 5.74) is -0.132. The third-order valence-electron chi connectivity index (χ3n) is 4.93. The summed E-state index contributed by atoms with van der Waals surface area (Å²) in [4.78, 5) is 38.0. The minimum atomic E-state index is -1.09. The monoisotopic (exact) mass is 313 g/mol. The highest BCUT2D eigenvalue weighted by Gasteiger charge is 2.67. The van der Waals surface area contributed by atoms with E-state index in [9.17, 15) is 19.5 Å². The third kappa shape index (κ3) is 1.73. The van der Waals surface area contributed by atoms with Crippen molar-refractivity contribution in [3.05, 3.63) is 42.0 Å². The zero-order valence-corrected chi connectivity index (χ0v) is 12.4. The van der Waals surface area contributed by atoms with Crippen LogP contribution in [0.3, 0.4) is 0 Å². The molecule has 118 valence electrons. The first-order valence-corrected chi connectivity index (χ1v) is 7.45. The molecule has 6 heteroatoms. The van der Waals surface area contributed by atoms with Gasteiger partial charge in [0.15, 0.2) is 5.78 Å². The molecule has 2 saturated heterocycles. The Morgan fingerprint density at radius 2 is 1.96 bits per heavy atom. The van der Waals surface area contributed by atoms with Crippen molar-refractivity contribution in [2.45, 2.75) is 18.6 Å². The molecule has 1 N–H and O–H groups in total. The largest absolute Gasteiger partial charge is 0.393 e. The molecule has 1 aromatic carbocycles. The van der Waals surface area contributed by atoms with Gasteiger partial charge in [0.2, 0.25) is 11.8 Å². The second kappa shape index (κ2) is 4.59. The van der Waals surface area contributed by atoms with Crippen molar-refractivity contribution in [2.24, 2.45) is 11.8 Å². The summed E-state index contributed by atoms with van der Waals surface area (Å²) in [6.07, 6.45) is 2.96. The number of aliphatic hydroxyl groups excluding tert-OH is 1. The van der Waals surface area contributed by atoms with Gasteiger partial charge in [0, 0.05) is 5.56 Å². The zero-order valence-electron chi connectivity index (χ0n) is 12.4. The number of benzene rings is 1. The lowest BCUT2D eigenvalue weighted by molar-refractivity contribution is -0.128.